The van der Waals surface area contributed by atoms with Gasteiger partial charge in [-0.1, -0.05) is 48.5 Å². The molecular weight excluding hydrogens is 363 g/mol. The molecule has 0 radical (unpaired) electrons. The number of fused-ring (bicyclic) bond motifs is 1. The van der Waals surface area contributed by atoms with Crippen LogP contribution in [0.25, 0.3) is 0 Å². The van der Waals surface area contributed by atoms with Gasteiger partial charge in [-0.3, -0.25) is 0 Å². The molecule has 0 bridgehead atoms. The van der Waals surface area contributed by atoms with Gasteiger partial charge in [-0.15, -0.1) is 0 Å². The van der Waals surface area contributed by atoms with Gasteiger partial charge in [0.05, 0.1) is 11.2 Å². The Morgan fingerprint density at radius 1 is 0.929 bits per heavy atom. The molecule has 1 N–H and O–H groups in total. The minimum Gasteiger partial charge on any atom is -0.390 e. The SMILES string of the molecule is O[C@@]1(Cc2ccccc2)C[C@H]2CN(CCc3cccc(C(F)(F)F)c3)C[C@H]2C1. The molecule has 1 aliphatic carbocycles. The minimum absolute atomic E-state index is 0.482. The van der Waals surface area contributed by atoms with Gasteiger partial charge in [-0.25, -0.2) is 0 Å². The van der Waals surface area contributed by atoms with Crippen molar-refractivity contribution in [2.75, 3.05) is 19.6 Å². The molecule has 1 saturated heterocycles. The van der Waals surface area contributed by atoms with E-state index in [0.29, 0.717) is 24.7 Å². The molecule has 1 saturated carbocycles. The lowest BCUT2D eigenvalue weighted by atomic mass is 9.91. The molecule has 0 unspecified atom stereocenters. The van der Waals surface area contributed by atoms with Crippen LogP contribution in [0.1, 0.15) is 29.5 Å². The average molecular weight is 389 g/mol. The van der Waals surface area contributed by atoms with Crippen LogP contribution in [0, 0.1) is 11.8 Å². The fourth-order valence-corrected chi connectivity index (χ4v) is 5.05. The Labute approximate surface area is 164 Å². The molecule has 2 aromatic carbocycles. The van der Waals surface area contributed by atoms with Crippen molar-refractivity contribution in [2.45, 2.75) is 37.5 Å². The smallest absolute Gasteiger partial charge is 0.390 e. The maximum Gasteiger partial charge on any atom is 0.416 e. The summed E-state index contributed by atoms with van der Waals surface area (Å²) >= 11 is 0. The van der Waals surface area contributed by atoms with Crippen LogP contribution >= 0.6 is 0 Å². The summed E-state index contributed by atoms with van der Waals surface area (Å²) < 4.78 is 38.6. The second kappa shape index (κ2) is 7.53. The molecule has 150 valence electrons. The molecule has 0 aromatic heterocycles. The predicted octanol–water partition coefficient (Wildman–Crippen LogP) is 4.56. The van der Waals surface area contributed by atoms with E-state index in [1.165, 1.54) is 17.7 Å². The van der Waals surface area contributed by atoms with Crippen LogP contribution in [0.4, 0.5) is 13.2 Å². The highest BCUT2D eigenvalue weighted by Crippen LogP contribution is 2.45. The highest BCUT2D eigenvalue weighted by Gasteiger charge is 2.47. The normalized spacial score (nSPS) is 27.9. The maximum atomic E-state index is 12.9. The Morgan fingerprint density at radius 2 is 1.57 bits per heavy atom. The summed E-state index contributed by atoms with van der Waals surface area (Å²) in [7, 11) is 0. The van der Waals surface area contributed by atoms with E-state index in [0.717, 1.165) is 44.1 Å². The fraction of sp³-hybridized carbons (Fsp3) is 0.478. The molecule has 1 heterocycles. The number of nitrogens with zero attached hydrogens (tertiary/aromatic N) is 1. The first-order valence-corrected chi connectivity index (χ1v) is 9.96. The number of aliphatic hydroxyl groups is 1. The van der Waals surface area contributed by atoms with E-state index >= 15 is 0 Å². The highest BCUT2D eigenvalue weighted by atomic mass is 19.4. The number of halogens is 3. The fourth-order valence-electron chi connectivity index (χ4n) is 5.05. The summed E-state index contributed by atoms with van der Waals surface area (Å²) in [5, 5.41) is 11.0. The van der Waals surface area contributed by atoms with Crippen molar-refractivity contribution in [1.29, 1.82) is 0 Å². The molecule has 2 nitrogen and oxygen atoms in total. The lowest BCUT2D eigenvalue weighted by Crippen LogP contribution is -2.32. The topological polar surface area (TPSA) is 23.5 Å². The molecule has 1 aliphatic heterocycles. The van der Waals surface area contributed by atoms with Crippen LogP contribution in [0.15, 0.2) is 54.6 Å². The van der Waals surface area contributed by atoms with Gasteiger partial charge in [0.2, 0.25) is 0 Å². The largest absolute Gasteiger partial charge is 0.416 e. The molecule has 5 heteroatoms. The number of hydrogen-bond donors (Lipinski definition) is 1. The van der Waals surface area contributed by atoms with Gasteiger partial charge in [0.1, 0.15) is 0 Å². The van der Waals surface area contributed by atoms with E-state index in [2.05, 4.69) is 17.0 Å². The second-order valence-corrected chi connectivity index (χ2v) is 8.52. The van der Waals surface area contributed by atoms with Crippen LogP contribution < -0.4 is 0 Å². The zero-order valence-electron chi connectivity index (χ0n) is 15.8. The molecular formula is C23H26F3NO. The molecule has 28 heavy (non-hydrogen) atoms. The third kappa shape index (κ3) is 4.41. The van der Waals surface area contributed by atoms with Gasteiger partial charge in [0.15, 0.2) is 0 Å². The first-order valence-electron chi connectivity index (χ1n) is 9.96. The van der Waals surface area contributed by atoms with E-state index in [-0.39, 0.29) is 0 Å². The van der Waals surface area contributed by atoms with Crippen molar-refractivity contribution in [3.8, 4) is 0 Å². The quantitative estimate of drug-likeness (QED) is 0.810. The summed E-state index contributed by atoms with van der Waals surface area (Å²) in [4.78, 5) is 2.34. The monoisotopic (exact) mass is 389 g/mol. The van der Waals surface area contributed by atoms with Crippen LogP contribution in [0.3, 0.4) is 0 Å². The molecule has 2 fully saturated rings. The molecule has 0 spiro atoms. The third-order valence-corrected chi connectivity index (χ3v) is 6.28. The first-order chi connectivity index (χ1) is 13.3. The number of benzene rings is 2. The summed E-state index contributed by atoms with van der Waals surface area (Å²) in [5.41, 5.74) is 0.706. The van der Waals surface area contributed by atoms with Crippen LogP contribution in [0.5, 0.6) is 0 Å². The number of likely N-dealkylation sites (tertiary alicyclic amines) is 1. The molecule has 0 amide bonds. The van der Waals surface area contributed by atoms with Gasteiger partial charge in [0, 0.05) is 26.1 Å². The van der Waals surface area contributed by atoms with Crippen LogP contribution in [-0.2, 0) is 19.0 Å². The van der Waals surface area contributed by atoms with Crippen molar-refractivity contribution in [3.63, 3.8) is 0 Å². The maximum absolute atomic E-state index is 12.9. The van der Waals surface area contributed by atoms with E-state index in [9.17, 15) is 18.3 Å². The molecule has 4 rings (SSSR count). The Hall–Kier alpha value is -1.85. The van der Waals surface area contributed by atoms with E-state index in [1.54, 1.807) is 6.07 Å². The van der Waals surface area contributed by atoms with Gasteiger partial charge in [-0.05, 0) is 48.3 Å². The Bertz CT molecular complexity index is 791. The number of rotatable bonds is 5. The van der Waals surface area contributed by atoms with Crippen molar-refractivity contribution in [2.24, 2.45) is 11.8 Å². The van der Waals surface area contributed by atoms with Crippen molar-refractivity contribution < 1.29 is 18.3 Å². The van der Waals surface area contributed by atoms with E-state index < -0.39 is 17.3 Å². The lowest BCUT2D eigenvalue weighted by molar-refractivity contribution is -0.137. The predicted molar refractivity (Wildman–Crippen MR) is 103 cm³/mol. The summed E-state index contributed by atoms with van der Waals surface area (Å²) in [5.74, 6) is 0.963. The van der Waals surface area contributed by atoms with Gasteiger partial charge < -0.3 is 10.0 Å². The van der Waals surface area contributed by atoms with Crippen LogP contribution in [0.2, 0.25) is 0 Å². The first kappa shape index (κ1) is 19.5. The Kier molecular flexibility index (Phi) is 5.23. The summed E-state index contributed by atoms with van der Waals surface area (Å²) in [6.45, 7) is 2.63. The molecule has 2 aliphatic rings. The number of hydrogen-bond acceptors (Lipinski definition) is 2. The highest BCUT2D eigenvalue weighted by molar-refractivity contribution is 5.26. The Morgan fingerprint density at radius 3 is 2.21 bits per heavy atom. The second-order valence-electron chi connectivity index (χ2n) is 8.52. The standard InChI is InChI=1S/C23H26F3NO/c24-23(25,26)21-8-4-7-17(11-21)9-10-27-15-19-13-22(28,14-20(19)16-27)12-18-5-2-1-3-6-18/h1-8,11,19-20,28H,9-10,12-16H2/t19-,20+,22-. The lowest BCUT2D eigenvalue weighted by Gasteiger charge is -2.26. The van der Waals surface area contributed by atoms with Gasteiger partial charge in [0.25, 0.3) is 0 Å². The van der Waals surface area contributed by atoms with Crippen molar-refractivity contribution in [3.05, 3.63) is 71.3 Å². The summed E-state index contributed by atoms with van der Waals surface area (Å²) in [6.07, 6.45) is -1.34. The minimum atomic E-state index is -4.29. The van der Waals surface area contributed by atoms with E-state index in [4.69, 9.17) is 0 Å². The van der Waals surface area contributed by atoms with Crippen molar-refractivity contribution in [1.82, 2.24) is 4.90 Å². The number of alkyl halides is 3. The molecule has 2 aromatic rings. The van der Waals surface area contributed by atoms with Gasteiger partial charge in [-0.2, -0.15) is 13.2 Å². The average Bonchev–Trinajstić information content (AvgIpc) is 3.14. The summed E-state index contributed by atoms with van der Waals surface area (Å²) in [6, 6.07) is 15.8. The molecule has 3 atom stereocenters. The van der Waals surface area contributed by atoms with E-state index in [1.807, 2.05) is 18.2 Å². The third-order valence-electron chi connectivity index (χ3n) is 6.28. The zero-order valence-corrected chi connectivity index (χ0v) is 15.8. The van der Waals surface area contributed by atoms with Crippen LogP contribution in [-0.4, -0.2) is 35.2 Å². The Balaban J connectivity index is 1.30. The van der Waals surface area contributed by atoms with Gasteiger partial charge >= 0.3 is 6.18 Å². The van der Waals surface area contributed by atoms with Crippen molar-refractivity contribution >= 4 is 0 Å². The zero-order chi connectivity index (χ0) is 19.8.